The number of aromatic nitrogens is 3. The summed E-state index contributed by atoms with van der Waals surface area (Å²) in [5.74, 6) is -0.441. The van der Waals surface area contributed by atoms with Gasteiger partial charge < -0.3 is 5.11 Å². The standard InChI is InChI=1S/C17H10Cl3N3O2/c18-11-2-4-16(24)10(5-11)6-15(23-9-21-8-22-23)17(25)13-3-1-12(19)7-14(13)20/h1-9,24H/b15-6-. The van der Waals surface area contributed by atoms with E-state index in [-0.39, 0.29) is 22.0 Å². The molecule has 0 saturated carbocycles. The summed E-state index contributed by atoms with van der Waals surface area (Å²) in [5.41, 5.74) is 0.741. The van der Waals surface area contributed by atoms with Crippen molar-refractivity contribution in [1.82, 2.24) is 14.8 Å². The third-order valence-corrected chi connectivity index (χ3v) is 4.14. The van der Waals surface area contributed by atoms with Crippen molar-refractivity contribution in [2.45, 2.75) is 0 Å². The Balaban J connectivity index is 2.14. The molecule has 0 bridgehead atoms. The zero-order chi connectivity index (χ0) is 18.0. The Morgan fingerprint density at radius 2 is 1.80 bits per heavy atom. The van der Waals surface area contributed by atoms with Crippen molar-refractivity contribution in [3.63, 3.8) is 0 Å². The van der Waals surface area contributed by atoms with Crippen molar-refractivity contribution in [3.8, 4) is 5.75 Å². The number of halogens is 3. The van der Waals surface area contributed by atoms with Crippen molar-refractivity contribution < 1.29 is 9.90 Å². The van der Waals surface area contributed by atoms with E-state index in [1.807, 2.05) is 0 Å². The van der Waals surface area contributed by atoms with Crippen LogP contribution in [0.3, 0.4) is 0 Å². The van der Waals surface area contributed by atoms with E-state index < -0.39 is 5.78 Å². The predicted molar refractivity (Wildman–Crippen MR) is 98.1 cm³/mol. The molecule has 0 saturated heterocycles. The molecule has 0 aliphatic heterocycles. The highest BCUT2D eigenvalue weighted by Gasteiger charge is 2.19. The highest BCUT2D eigenvalue weighted by molar-refractivity contribution is 6.40. The van der Waals surface area contributed by atoms with Gasteiger partial charge in [-0.05, 0) is 42.5 Å². The lowest BCUT2D eigenvalue weighted by atomic mass is 10.1. The first-order valence-electron chi connectivity index (χ1n) is 7.00. The molecule has 25 heavy (non-hydrogen) atoms. The summed E-state index contributed by atoms with van der Waals surface area (Å²) >= 11 is 18.0. The van der Waals surface area contributed by atoms with E-state index in [1.54, 1.807) is 12.1 Å². The number of carbonyl (C=O) groups is 1. The molecule has 0 aliphatic rings. The summed E-state index contributed by atoms with van der Waals surface area (Å²) in [6, 6.07) is 9.08. The fourth-order valence-corrected chi connectivity index (χ4v) is 2.84. The number of nitrogens with zero attached hydrogens (tertiary/aromatic N) is 3. The minimum absolute atomic E-state index is 0.0305. The fraction of sp³-hybridized carbons (Fsp3) is 0. The molecule has 0 radical (unpaired) electrons. The van der Waals surface area contributed by atoms with Gasteiger partial charge >= 0.3 is 0 Å². The lowest BCUT2D eigenvalue weighted by molar-refractivity contribution is 0.105. The van der Waals surface area contributed by atoms with E-state index in [0.717, 1.165) is 0 Å². The van der Waals surface area contributed by atoms with Crippen molar-refractivity contribution >= 4 is 52.4 Å². The molecule has 8 heteroatoms. The summed E-state index contributed by atoms with van der Waals surface area (Å²) in [6.07, 6.45) is 4.13. The molecule has 0 unspecified atom stereocenters. The topological polar surface area (TPSA) is 68.0 Å². The van der Waals surface area contributed by atoms with Crippen LogP contribution in [0.2, 0.25) is 15.1 Å². The highest BCUT2D eigenvalue weighted by atomic mass is 35.5. The van der Waals surface area contributed by atoms with Crippen molar-refractivity contribution in [2.24, 2.45) is 0 Å². The number of hydrogen-bond donors (Lipinski definition) is 1. The molecule has 1 aromatic heterocycles. The van der Waals surface area contributed by atoms with Crippen molar-refractivity contribution in [2.75, 3.05) is 0 Å². The Kier molecular flexibility index (Phi) is 5.08. The van der Waals surface area contributed by atoms with Gasteiger partial charge in [0.25, 0.3) is 0 Å². The molecule has 1 N–H and O–H groups in total. The van der Waals surface area contributed by atoms with Gasteiger partial charge in [0.15, 0.2) is 0 Å². The molecule has 0 amide bonds. The number of rotatable bonds is 4. The second-order valence-corrected chi connectivity index (χ2v) is 6.31. The zero-order valence-corrected chi connectivity index (χ0v) is 14.8. The largest absolute Gasteiger partial charge is 0.507 e. The molecule has 3 aromatic rings. The van der Waals surface area contributed by atoms with E-state index in [1.165, 1.54) is 47.7 Å². The van der Waals surface area contributed by atoms with Crippen LogP contribution in [-0.2, 0) is 0 Å². The van der Waals surface area contributed by atoms with Crippen LogP contribution in [0.4, 0.5) is 0 Å². The van der Waals surface area contributed by atoms with E-state index in [9.17, 15) is 9.90 Å². The van der Waals surface area contributed by atoms with Gasteiger partial charge in [0.1, 0.15) is 24.1 Å². The minimum Gasteiger partial charge on any atom is -0.507 e. The van der Waals surface area contributed by atoms with Gasteiger partial charge in [-0.15, -0.1) is 0 Å². The van der Waals surface area contributed by atoms with Gasteiger partial charge in [-0.1, -0.05) is 34.8 Å². The number of hydrogen-bond acceptors (Lipinski definition) is 4. The molecular weight excluding hydrogens is 385 g/mol. The first kappa shape index (κ1) is 17.5. The number of Topliss-reactive ketones (excluding diaryl/α,β-unsaturated/α-hetero) is 1. The van der Waals surface area contributed by atoms with Crippen molar-refractivity contribution in [1.29, 1.82) is 0 Å². The smallest absolute Gasteiger partial charge is 0.212 e. The Morgan fingerprint density at radius 1 is 1.08 bits per heavy atom. The summed E-state index contributed by atoms with van der Waals surface area (Å²) in [7, 11) is 0. The maximum Gasteiger partial charge on any atom is 0.212 e. The lowest BCUT2D eigenvalue weighted by Gasteiger charge is -2.09. The minimum atomic E-state index is -0.411. The van der Waals surface area contributed by atoms with Crippen LogP contribution >= 0.6 is 34.8 Å². The normalized spacial score (nSPS) is 11.6. The van der Waals surface area contributed by atoms with Gasteiger partial charge in [-0.2, -0.15) is 5.10 Å². The van der Waals surface area contributed by atoms with E-state index in [0.29, 0.717) is 15.6 Å². The molecule has 0 spiro atoms. The third-order valence-electron chi connectivity index (χ3n) is 3.36. The number of benzene rings is 2. The predicted octanol–water partition coefficient (Wildman–Crippen LogP) is 4.82. The molecule has 1 heterocycles. The summed E-state index contributed by atoms with van der Waals surface area (Å²) in [4.78, 5) is 16.8. The summed E-state index contributed by atoms with van der Waals surface area (Å²) in [6.45, 7) is 0. The fourth-order valence-electron chi connectivity index (χ4n) is 2.17. The molecular formula is C17H10Cl3N3O2. The second kappa shape index (κ2) is 7.27. The molecule has 2 aromatic carbocycles. The lowest BCUT2D eigenvalue weighted by Crippen LogP contribution is -2.10. The molecule has 3 rings (SSSR count). The van der Waals surface area contributed by atoms with E-state index >= 15 is 0 Å². The van der Waals surface area contributed by atoms with Gasteiger partial charge in [-0.3, -0.25) is 4.79 Å². The number of phenolic OH excluding ortho intramolecular Hbond substituents is 1. The van der Waals surface area contributed by atoms with Crippen molar-refractivity contribution in [3.05, 3.63) is 75.2 Å². The Morgan fingerprint density at radius 3 is 2.48 bits per heavy atom. The van der Waals surface area contributed by atoms with Crippen LogP contribution in [0.25, 0.3) is 11.8 Å². The molecule has 0 aliphatic carbocycles. The number of allylic oxidation sites excluding steroid dienone is 1. The highest BCUT2D eigenvalue weighted by Crippen LogP contribution is 2.28. The second-order valence-electron chi connectivity index (χ2n) is 5.03. The quantitative estimate of drug-likeness (QED) is 0.508. The van der Waals surface area contributed by atoms with Crippen LogP contribution in [0.1, 0.15) is 15.9 Å². The molecule has 0 atom stereocenters. The zero-order valence-electron chi connectivity index (χ0n) is 12.5. The summed E-state index contributed by atoms with van der Waals surface area (Å²) in [5, 5.41) is 15.1. The maximum atomic E-state index is 13.0. The van der Waals surface area contributed by atoms with Crippen LogP contribution in [0, 0.1) is 0 Å². The number of phenols is 1. The van der Waals surface area contributed by atoms with Crippen LogP contribution < -0.4 is 0 Å². The van der Waals surface area contributed by atoms with Crippen LogP contribution in [0.15, 0.2) is 49.1 Å². The van der Waals surface area contributed by atoms with Crippen LogP contribution in [0.5, 0.6) is 5.75 Å². The van der Waals surface area contributed by atoms with E-state index in [4.69, 9.17) is 34.8 Å². The number of aromatic hydroxyl groups is 1. The maximum absolute atomic E-state index is 13.0. The number of carbonyl (C=O) groups excluding carboxylic acids is 1. The Hall–Kier alpha value is -2.34. The molecule has 126 valence electrons. The van der Waals surface area contributed by atoms with Gasteiger partial charge in [0.05, 0.1) is 5.02 Å². The Labute approximate surface area is 158 Å². The van der Waals surface area contributed by atoms with Gasteiger partial charge in [-0.25, -0.2) is 9.67 Å². The first-order chi connectivity index (χ1) is 12.0. The van der Waals surface area contributed by atoms with Gasteiger partial charge in [0, 0.05) is 21.2 Å². The summed E-state index contributed by atoms with van der Waals surface area (Å²) < 4.78 is 1.29. The van der Waals surface area contributed by atoms with E-state index in [2.05, 4.69) is 10.1 Å². The Bertz CT molecular complexity index is 969. The average Bonchev–Trinajstić information content (AvgIpc) is 3.09. The molecule has 5 nitrogen and oxygen atoms in total. The monoisotopic (exact) mass is 393 g/mol. The number of ketones is 1. The SMILES string of the molecule is O=C(/C(=C/c1cc(Cl)ccc1O)n1cncn1)c1ccc(Cl)cc1Cl. The first-order valence-corrected chi connectivity index (χ1v) is 8.14. The van der Waals surface area contributed by atoms with Gasteiger partial charge in [0.2, 0.25) is 5.78 Å². The van der Waals surface area contributed by atoms with Crippen LogP contribution in [-0.4, -0.2) is 25.7 Å². The average molecular weight is 395 g/mol. The molecule has 0 fully saturated rings. The third kappa shape index (κ3) is 3.85.